The molecule has 5 nitrogen and oxygen atoms in total. The molecule has 3 aromatic rings. The third-order valence-corrected chi connectivity index (χ3v) is 6.08. The zero-order valence-electron chi connectivity index (χ0n) is 16.5. The maximum absolute atomic E-state index is 6.65. The van der Waals surface area contributed by atoms with Gasteiger partial charge < -0.3 is 4.74 Å². The van der Waals surface area contributed by atoms with Crippen LogP contribution in [0.15, 0.2) is 48.5 Å². The summed E-state index contributed by atoms with van der Waals surface area (Å²) in [6.45, 7) is 6.31. The van der Waals surface area contributed by atoms with Crippen LogP contribution in [0.4, 0.5) is 0 Å². The van der Waals surface area contributed by atoms with Crippen LogP contribution in [0, 0.1) is 13.8 Å². The minimum Gasteiger partial charge on any atom is -0.484 e. The lowest BCUT2D eigenvalue weighted by Gasteiger charge is -2.30. The molecule has 0 radical (unpaired) electrons. The molecule has 2 atom stereocenters. The zero-order valence-corrected chi connectivity index (χ0v) is 16.5. The van der Waals surface area contributed by atoms with Gasteiger partial charge in [0, 0.05) is 6.07 Å². The second kappa shape index (κ2) is 7.06. The first-order valence-corrected chi connectivity index (χ1v) is 10.2. The number of fused-ring (bicyclic) bond motifs is 1. The van der Waals surface area contributed by atoms with Crippen molar-refractivity contribution in [1.29, 1.82) is 0 Å². The van der Waals surface area contributed by atoms with Crippen LogP contribution in [0.1, 0.15) is 41.7 Å². The van der Waals surface area contributed by atoms with E-state index in [9.17, 15) is 0 Å². The lowest BCUT2D eigenvalue weighted by molar-refractivity contribution is 0.0941. The highest BCUT2D eigenvalue weighted by atomic mass is 16.5. The first-order chi connectivity index (χ1) is 13.7. The van der Waals surface area contributed by atoms with E-state index in [0.29, 0.717) is 6.04 Å². The number of hydrogen-bond donors (Lipinski definition) is 0. The molecule has 144 valence electrons. The van der Waals surface area contributed by atoms with Crippen molar-refractivity contribution in [3.8, 4) is 11.4 Å². The lowest BCUT2D eigenvalue weighted by atomic mass is 10.1. The molecule has 2 aromatic carbocycles. The van der Waals surface area contributed by atoms with Gasteiger partial charge in [0.25, 0.3) is 0 Å². The smallest absolute Gasteiger partial charge is 0.140 e. The van der Waals surface area contributed by atoms with E-state index < -0.39 is 0 Å². The van der Waals surface area contributed by atoms with Gasteiger partial charge in [-0.15, -0.1) is 10.2 Å². The third kappa shape index (κ3) is 3.00. The molecule has 1 saturated heterocycles. The number of aryl methyl sites for hydroxylation is 2. The van der Waals surface area contributed by atoms with Crippen molar-refractivity contribution in [2.75, 3.05) is 13.1 Å². The fourth-order valence-corrected chi connectivity index (χ4v) is 4.76. The molecule has 2 aliphatic rings. The monoisotopic (exact) mass is 374 g/mol. The van der Waals surface area contributed by atoms with E-state index in [-0.39, 0.29) is 6.10 Å². The molecule has 0 unspecified atom stereocenters. The van der Waals surface area contributed by atoms with Crippen LogP contribution < -0.4 is 4.74 Å². The fourth-order valence-electron chi connectivity index (χ4n) is 4.76. The number of ether oxygens (including phenoxy) is 1. The largest absolute Gasteiger partial charge is 0.484 e. The number of rotatable bonds is 4. The third-order valence-electron chi connectivity index (χ3n) is 6.08. The molecule has 1 aliphatic heterocycles. The Balaban J connectivity index is 1.48. The van der Waals surface area contributed by atoms with Gasteiger partial charge in [-0.1, -0.05) is 30.3 Å². The second-order valence-corrected chi connectivity index (χ2v) is 7.88. The molecule has 1 aromatic heterocycles. The Morgan fingerprint density at radius 3 is 2.46 bits per heavy atom. The standard InChI is InChI=1S/C23H26N4O/c1-16-24-25-17(2)27(16)19-9-7-10-20(15-19)28-23-21-11-4-3-8-18(21)14-22(23)26-12-5-6-13-26/h3-4,7-11,15,22-23H,5-6,12-14H2,1-2H3/t22-,23-/m0/s1. The van der Waals surface area contributed by atoms with Gasteiger partial charge in [0.15, 0.2) is 0 Å². The molecule has 0 bridgehead atoms. The van der Waals surface area contributed by atoms with Crippen molar-refractivity contribution in [3.63, 3.8) is 0 Å². The Morgan fingerprint density at radius 2 is 1.68 bits per heavy atom. The molecule has 28 heavy (non-hydrogen) atoms. The van der Waals surface area contributed by atoms with Crippen molar-refractivity contribution < 1.29 is 4.74 Å². The van der Waals surface area contributed by atoms with E-state index in [0.717, 1.165) is 29.5 Å². The highest BCUT2D eigenvalue weighted by molar-refractivity contribution is 5.42. The van der Waals surface area contributed by atoms with Crippen molar-refractivity contribution in [2.45, 2.75) is 45.3 Å². The maximum atomic E-state index is 6.65. The Morgan fingerprint density at radius 1 is 0.929 bits per heavy atom. The molecule has 2 heterocycles. The molecule has 1 aliphatic carbocycles. The van der Waals surface area contributed by atoms with Crippen LogP contribution in [-0.2, 0) is 6.42 Å². The summed E-state index contributed by atoms with van der Waals surface area (Å²) in [5.41, 5.74) is 3.80. The average Bonchev–Trinajstić information content (AvgIpc) is 3.42. The molecule has 0 amide bonds. The second-order valence-electron chi connectivity index (χ2n) is 7.88. The molecule has 1 fully saturated rings. The molecule has 0 N–H and O–H groups in total. The van der Waals surface area contributed by atoms with Gasteiger partial charge in [-0.3, -0.25) is 9.47 Å². The predicted molar refractivity (Wildman–Crippen MR) is 109 cm³/mol. The Hall–Kier alpha value is -2.66. The molecule has 0 spiro atoms. The summed E-state index contributed by atoms with van der Waals surface area (Å²) in [5.74, 6) is 2.67. The minimum absolute atomic E-state index is 0.0765. The van der Waals surface area contributed by atoms with E-state index >= 15 is 0 Å². The number of hydrogen-bond acceptors (Lipinski definition) is 4. The van der Waals surface area contributed by atoms with Crippen molar-refractivity contribution >= 4 is 0 Å². The zero-order chi connectivity index (χ0) is 19.1. The van der Waals surface area contributed by atoms with E-state index in [1.54, 1.807) is 0 Å². The maximum Gasteiger partial charge on any atom is 0.140 e. The summed E-state index contributed by atoms with van der Waals surface area (Å²) >= 11 is 0. The summed E-state index contributed by atoms with van der Waals surface area (Å²) in [5, 5.41) is 8.37. The first kappa shape index (κ1) is 17.4. The number of aromatic nitrogens is 3. The fraction of sp³-hybridized carbons (Fsp3) is 0.391. The van der Waals surface area contributed by atoms with E-state index in [1.807, 2.05) is 13.8 Å². The first-order valence-electron chi connectivity index (χ1n) is 10.2. The van der Waals surface area contributed by atoms with Crippen molar-refractivity contribution in [2.24, 2.45) is 0 Å². The molecule has 0 saturated carbocycles. The SMILES string of the molecule is Cc1nnc(C)n1-c1cccc(O[C@H]2c3ccccc3C[C@@H]2N2CCCC2)c1. The quantitative estimate of drug-likeness (QED) is 0.692. The van der Waals surface area contributed by atoms with E-state index in [4.69, 9.17) is 4.74 Å². The van der Waals surface area contributed by atoms with Crippen molar-refractivity contribution in [3.05, 3.63) is 71.3 Å². The highest BCUT2D eigenvalue weighted by Crippen LogP contribution is 2.39. The summed E-state index contributed by atoms with van der Waals surface area (Å²) in [7, 11) is 0. The van der Waals surface area contributed by atoms with Crippen LogP contribution in [0.5, 0.6) is 5.75 Å². The Bertz CT molecular complexity index is 970. The highest BCUT2D eigenvalue weighted by Gasteiger charge is 2.38. The summed E-state index contributed by atoms with van der Waals surface area (Å²) < 4.78 is 8.71. The summed E-state index contributed by atoms with van der Waals surface area (Å²) in [6, 6.07) is 17.5. The van der Waals surface area contributed by atoms with Crippen LogP contribution in [-0.4, -0.2) is 38.8 Å². The predicted octanol–water partition coefficient (Wildman–Crippen LogP) is 4.02. The topological polar surface area (TPSA) is 43.2 Å². The van der Waals surface area contributed by atoms with Gasteiger partial charge in [0.1, 0.15) is 23.5 Å². The van der Waals surface area contributed by atoms with Crippen LogP contribution in [0.25, 0.3) is 5.69 Å². The average molecular weight is 374 g/mol. The van der Waals surface area contributed by atoms with Crippen LogP contribution in [0.2, 0.25) is 0 Å². The van der Waals surface area contributed by atoms with E-state index in [2.05, 4.69) is 68.2 Å². The van der Waals surface area contributed by atoms with Crippen LogP contribution in [0.3, 0.4) is 0 Å². The van der Waals surface area contributed by atoms with Gasteiger partial charge >= 0.3 is 0 Å². The van der Waals surface area contributed by atoms with E-state index in [1.165, 1.54) is 37.1 Å². The number of benzene rings is 2. The minimum atomic E-state index is 0.0765. The number of nitrogens with zero attached hydrogens (tertiary/aromatic N) is 4. The van der Waals surface area contributed by atoms with Crippen LogP contribution >= 0.6 is 0 Å². The van der Waals surface area contributed by atoms with Gasteiger partial charge in [-0.2, -0.15) is 0 Å². The van der Waals surface area contributed by atoms with Gasteiger partial charge in [-0.25, -0.2) is 0 Å². The Kier molecular flexibility index (Phi) is 4.40. The van der Waals surface area contributed by atoms with Gasteiger partial charge in [-0.05, 0) is 69.5 Å². The summed E-state index contributed by atoms with van der Waals surface area (Å²) in [4.78, 5) is 2.61. The lowest BCUT2D eigenvalue weighted by Crippen LogP contribution is -2.38. The Labute approximate surface area is 166 Å². The normalized spacial score (nSPS) is 21.8. The summed E-state index contributed by atoms with van der Waals surface area (Å²) in [6.07, 6.45) is 3.74. The number of likely N-dealkylation sites (tertiary alicyclic amines) is 1. The molecular formula is C23H26N4O. The van der Waals surface area contributed by atoms with Gasteiger partial charge in [0.05, 0.1) is 11.7 Å². The van der Waals surface area contributed by atoms with Gasteiger partial charge in [0.2, 0.25) is 0 Å². The molecule has 5 heteroatoms. The van der Waals surface area contributed by atoms with Crippen molar-refractivity contribution in [1.82, 2.24) is 19.7 Å². The molecule has 5 rings (SSSR count). The molecular weight excluding hydrogens is 348 g/mol.